The zero-order valence-electron chi connectivity index (χ0n) is 9.26. The van der Waals surface area contributed by atoms with Crippen LogP contribution in [0, 0.1) is 5.82 Å². The van der Waals surface area contributed by atoms with E-state index in [-0.39, 0.29) is 5.82 Å². The van der Waals surface area contributed by atoms with Crippen LogP contribution in [0.25, 0.3) is 11.0 Å². The van der Waals surface area contributed by atoms with Crippen molar-refractivity contribution in [2.24, 2.45) is 0 Å². The molecule has 1 aromatic carbocycles. The topological polar surface area (TPSA) is 40.7 Å². The second-order valence-corrected chi connectivity index (χ2v) is 5.30. The summed E-state index contributed by atoms with van der Waals surface area (Å²) in [5, 5.41) is 3.43. The van der Waals surface area contributed by atoms with Gasteiger partial charge in [0.15, 0.2) is 0 Å². The van der Waals surface area contributed by atoms with E-state index in [4.69, 9.17) is 0 Å². The van der Waals surface area contributed by atoms with Crippen molar-refractivity contribution in [3.05, 3.63) is 28.2 Å². The first kappa shape index (κ1) is 11.2. The molecule has 1 aliphatic carbocycles. The Labute approximate surface area is 107 Å². The van der Waals surface area contributed by atoms with Gasteiger partial charge in [0.25, 0.3) is 0 Å². The second kappa shape index (κ2) is 4.38. The van der Waals surface area contributed by atoms with E-state index in [1.54, 1.807) is 6.07 Å². The fourth-order valence-electron chi connectivity index (χ4n) is 1.86. The minimum atomic E-state index is -0.260. The molecule has 3 rings (SSSR count). The Morgan fingerprint density at radius 2 is 2.29 bits per heavy atom. The lowest BCUT2D eigenvalue weighted by molar-refractivity contribution is 0.623. The number of halogens is 2. The Hall–Kier alpha value is -0.940. The number of fused-ring (bicyclic) bond motifs is 1. The minimum absolute atomic E-state index is 0.260. The van der Waals surface area contributed by atoms with Crippen molar-refractivity contribution in [3.63, 3.8) is 0 Å². The molecule has 0 saturated heterocycles. The van der Waals surface area contributed by atoms with Gasteiger partial charge in [-0.3, -0.25) is 0 Å². The molecule has 0 radical (unpaired) electrons. The van der Waals surface area contributed by atoms with Gasteiger partial charge in [-0.2, -0.15) is 0 Å². The lowest BCUT2D eigenvalue weighted by atomic mass is 10.3. The predicted octanol–water partition coefficient (Wildman–Crippen LogP) is 2.76. The molecule has 5 heteroatoms. The summed E-state index contributed by atoms with van der Waals surface area (Å²) in [6, 6.07) is 3.90. The van der Waals surface area contributed by atoms with Crippen molar-refractivity contribution in [1.29, 1.82) is 0 Å². The molecular formula is C12H13BrFN3. The van der Waals surface area contributed by atoms with E-state index in [1.165, 1.54) is 18.9 Å². The average molecular weight is 298 g/mol. The normalized spacial score (nSPS) is 15.6. The van der Waals surface area contributed by atoms with Gasteiger partial charge in [-0.15, -0.1) is 0 Å². The molecule has 3 nitrogen and oxygen atoms in total. The van der Waals surface area contributed by atoms with Gasteiger partial charge < -0.3 is 10.3 Å². The van der Waals surface area contributed by atoms with E-state index in [0.29, 0.717) is 10.5 Å². The molecule has 1 aromatic heterocycles. The van der Waals surface area contributed by atoms with Crippen molar-refractivity contribution in [1.82, 2.24) is 15.3 Å². The number of aromatic amines is 1. The summed E-state index contributed by atoms with van der Waals surface area (Å²) in [5.74, 6) is 0.648. The molecule has 2 N–H and O–H groups in total. The van der Waals surface area contributed by atoms with Crippen LogP contribution in [0.5, 0.6) is 0 Å². The second-order valence-electron chi connectivity index (χ2n) is 4.45. The number of rotatable bonds is 4. The van der Waals surface area contributed by atoms with Crippen LogP contribution in [-0.2, 0) is 6.42 Å². The molecule has 0 atom stereocenters. The van der Waals surface area contributed by atoms with Gasteiger partial charge in [-0.1, -0.05) is 0 Å². The van der Waals surface area contributed by atoms with Gasteiger partial charge in [0.05, 0.1) is 15.5 Å². The van der Waals surface area contributed by atoms with Crippen LogP contribution in [-0.4, -0.2) is 22.6 Å². The van der Waals surface area contributed by atoms with Gasteiger partial charge in [-0.05, 0) is 34.8 Å². The minimum Gasteiger partial charge on any atom is -0.342 e. The van der Waals surface area contributed by atoms with Crippen LogP contribution in [0.1, 0.15) is 18.7 Å². The number of hydrogen-bond acceptors (Lipinski definition) is 2. The fourth-order valence-corrected chi connectivity index (χ4v) is 2.19. The maximum Gasteiger partial charge on any atom is 0.139 e. The largest absolute Gasteiger partial charge is 0.342 e. The molecule has 17 heavy (non-hydrogen) atoms. The molecule has 1 heterocycles. The Kier molecular flexibility index (Phi) is 2.88. The third kappa shape index (κ3) is 2.50. The molecule has 0 bridgehead atoms. The first-order valence-electron chi connectivity index (χ1n) is 5.79. The number of nitrogens with zero attached hydrogens (tertiary/aromatic N) is 1. The van der Waals surface area contributed by atoms with E-state index in [1.807, 2.05) is 0 Å². The standard InChI is InChI=1S/C12H13BrFN3/c13-8-5-10-11(6-9(8)14)17-12(16-10)3-4-15-7-1-2-7/h5-7,15H,1-4H2,(H,16,17). The summed E-state index contributed by atoms with van der Waals surface area (Å²) < 4.78 is 13.8. The summed E-state index contributed by atoms with van der Waals surface area (Å²) in [7, 11) is 0. The predicted molar refractivity (Wildman–Crippen MR) is 68.5 cm³/mol. The van der Waals surface area contributed by atoms with Gasteiger partial charge in [0.2, 0.25) is 0 Å². The van der Waals surface area contributed by atoms with Crippen LogP contribution in [0.3, 0.4) is 0 Å². The van der Waals surface area contributed by atoms with Gasteiger partial charge >= 0.3 is 0 Å². The number of aromatic nitrogens is 2. The van der Waals surface area contributed by atoms with Crippen molar-refractivity contribution >= 4 is 27.0 Å². The van der Waals surface area contributed by atoms with Crippen molar-refractivity contribution in [2.75, 3.05) is 6.54 Å². The van der Waals surface area contributed by atoms with Crippen LogP contribution in [0.2, 0.25) is 0 Å². The van der Waals surface area contributed by atoms with E-state index in [9.17, 15) is 4.39 Å². The van der Waals surface area contributed by atoms with Crippen molar-refractivity contribution < 1.29 is 4.39 Å². The number of nitrogens with one attached hydrogen (secondary N) is 2. The quantitative estimate of drug-likeness (QED) is 0.911. The van der Waals surface area contributed by atoms with E-state index in [2.05, 4.69) is 31.2 Å². The Morgan fingerprint density at radius 3 is 3.06 bits per heavy atom. The maximum atomic E-state index is 13.3. The Morgan fingerprint density at radius 1 is 1.47 bits per heavy atom. The van der Waals surface area contributed by atoms with Crippen LogP contribution in [0.4, 0.5) is 4.39 Å². The van der Waals surface area contributed by atoms with Crippen LogP contribution < -0.4 is 5.32 Å². The average Bonchev–Trinajstić information content (AvgIpc) is 3.02. The van der Waals surface area contributed by atoms with E-state index < -0.39 is 0 Å². The van der Waals surface area contributed by atoms with E-state index in [0.717, 1.165) is 29.8 Å². The van der Waals surface area contributed by atoms with Gasteiger partial charge in [-0.25, -0.2) is 9.37 Å². The van der Waals surface area contributed by atoms with Gasteiger partial charge in [0.1, 0.15) is 11.6 Å². The van der Waals surface area contributed by atoms with Crippen molar-refractivity contribution in [3.8, 4) is 0 Å². The third-order valence-electron chi connectivity index (χ3n) is 2.95. The summed E-state index contributed by atoms with van der Waals surface area (Å²) in [6.07, 6.45) is 3.43. The summed E-state index contributed by atoms with van der Waals surface area (Å²) in [5.41, 5.74) is 1.56. The van der Waals surface area contributed by atoms with E-state index >= 15 is 0 Å². The van der Waals surface area contributed by atoms with Gasteiger partial charge in [0, 0.05) is 25.1 Å². The molecule has 90 valence electrons. The maximum absolute atomic E-state index is 13.3. The molecule has 0 aliphatic heterocycles. The molecule has 1 fully saturated rings. The zero-order chi connectivity index (χ0) is 11.8. The number of hydrogen-bond donors (Lipinski definition) is 2. The molecule has 0 spiro atoms. The highest BCUT2D eigenvalue weighted by atomic mass is 79.9. The summed E-state index contributed by atoms with van der Waals surface area (Å²) in [6.45, 7) is 0.925. The highest BCUT2D eigenvalue weighted by Gasteiger charge is 2.19. The zero-order valence-corrected chi connectivity index (χ0v) is 10.8. The number of H-pyrrole nitrogens is 1. The number of benzene rings is 1. The third-order valence-corrected chi connectivity index (χ3v) is 3.55. The fraction of sp³-hybridized carbons (Fsp3) is 0.417. The van der Waals surface area contributed by atoms with Crippen LogP contribution in [0.15, 0.2) is 16.6 Å². The molecule has 0 amide bonds. The Bertz CT molecular complexity index is 509. The lowest BCUT2D eigenvalue weighted by Crippen LogP contribution is -2.19. The monoisotopic (exact) mass is 297 g/mol. The first-order chi connectivity index (χ1) is 8.22. The molecular weight excluding hydrogens is 285 g/mol. The highest BCUT2D eigenvalue weighted by molar-refractivity contribution is 9.10. The first-order valence-corrected chi connectivity index (χ1v) is 6.59. The highest BCUT2D eigenvalue weighted by Crippen LogP contribution is 2.22. The number of imidazole rings is 1. The smallest absolute Gasteiger partial charge is 0.139 e. The van der Waals surface area contributed by atoms with Crippen molar-refractivity contribution in [2.45, 2.75) is 25.3 Å². The molecule has 1 saturated carbocycles. The lowest BCUT2D eigenvalue weighted by Gasteiger charge is -1.98. The SMILES string of the molecule is Fc1cc2[nH]c(CCNC3CC3)nc2cc1Br. The summed E-state index contributed by atoms with van der Waals surface area (Å²) >= 11 is 3.16. The molecule has 0 unspecified atom stereocenters. The Balaban J connectivity index is 1.75. The molecule has 2 aromatic rings. The van der Waals surface area contributed by atoms with Crippen LogP contribution >= 0.6 is 15.9 Å². The molecule has 1 aliphatic rings. The summed E-state index contributed by atoms with van der Waals surface area (Å²) in [4.78, 5) is 7.59.